The fourth-order valence-corrected chi connectivity index (χ4v) is 3.07. The van der Waals surface area contributed by atoms with Crippen molar-refractivity contribution >= 4 is 29.1 Å². The number of benzene rings is 2. The SMILES string of the molecule is C/C=C(\C)C#N.C/C=C/CNc1cc(C(=N)N(C)c2ccccc2)cc(C)c1N=CCCC.C=CC/C=C/C. The van der Waals surface area contributed by atoms with Gasteiger partial charge in [0.15, 0.2) is 0 Å². The zero-order chi connectivity index (χ0) is 29.5. The Bertz CT molecular complexity index is 1150. The number of amidine groups is 1. The first-order chi connectivity index (χ1) is 18.8. The molecule has 0 heterocycles. The van der Waals surface area contributed by atoms with E-state index >= 15 is 0 Å². The smallest absolute Gasteiger partial charge is 0.132 e. The molecule has 2 aromatic carbocycles. The van der Waals surface area contributed by atoms with Gasteiger partial charge in [-0.05, 0) is 77.3 Å². The van der Waals surface area contributed by atoms with Gasteiger partial charge < -0.3 is 10.2 Å². The van der Waals surface area contributed by atoms with Crippen LogP contribution in [0.15, 0.2) is 96.1 Å². The monoisotopic (exact) mass is 525 g/mol. The highest BCUT2D eigenvalue weighted by atomic mass is 15.1. The number of nitrogens with zero attached hydrogens (tertiary/aromatic N) is 3. The van der Waals surface area contributed by atoms with E-state index in [2.05, 4.69) is 42.9 Å². The van der Waals surface area contributed by atoms with Crippen molar-refractivity contribution < 1.29 is 0 Å². The summed E-state index contributed by atoms with van der Waals surface area (Å²) in [6.07, 6.45) is 16.8. The average molecular weight is 526 g/mol. The van der Waals surface area contributed by atoms with Gasteiger partial charge in [0.1, 0.15) is 5.84 Å². The number of unbranched alkanes of at least 4 members (excludes halogenated alkanes) is 1. The van der Waals surface area contributed by atoms with Crippen LogP contribution in [0.5, 0.6) is 0 Å². The molecule has 0 unspecified atom stereocenters. The molecule has 0 spiro atoms. The van der Waals surface area contributed by atoms with Crippen LogP contribution < -0.4 is 10.2 Å². The Morgan fingerprint density at radius 3 is 2.28 bits per heavy atom. The number of hydrogen-bond acceptors (Lipinski definition) is 4. The minimum Gasteiger partial charge on any atom is -0.380 e. The van der Waals surface area contributed by atoms with Crippen LogP contribution in [0, 0.1) is 23.7 Å². The molecule has 2 rings (SSSR count). The predicted molar refractivity (Wildman–Crippen MR) is 174 cm³/mol. The van der Waals surface area contributed by atoms with Crippen molar-refractivity contribution in [3.05, 3.63) is 102 Å². The molecule has 0 aliphatic carbocycles. The summed E-state index contributed by atoms with van der Waals surface area (Å²) in [4.78, 5) is 6.58. The second-order valence-electron chi connectivity index (χ2n) is 8.66. The lowest BCUT2D eigenvalue weighted by Crippen LogP contribution is -2.26. The Labute approximate surface area is 237 Å². The van der Waals surface area contributed by atoms with E-state index in [1.54, 1.807) is 13.0 Å². The topological polar surface area (TPSA) is 75.3 Å². The molecule has 5 nitrogen and oxygen atoms in total. The molecule has 0 atom stereocenters. The maximum Gasteiger partial charge on any atom is 0.132 e. The van der Waals surface area contributed by atoms with E-state index < -0.39 is 0 Å². The number of hydrogen-bond donors (Lipinski definition) is 2. The molecule has 0 aromatic heterocycles. The predicted octanol–water partition coefficient (Wildman–Crippen LogP) is 9.56. The molecule has 0 saturated carbocycles. The van der Waals surface area contributed by atoms with Crippen LogP contribution in [0.1, 0.15) is 65.0 Å². The number of rotatable bonds is 10. The molecule has 0 amide bonds. The van der Waals surface area contributed by atoms with Gasteiger partial charge in [-0.1, -0.05) is 68.0 Å². The Morgan fingerprint density at radius 1 is 1.13 bits per heavy atom. The molecular formula is C34H47N5. The molecule has 2 aromatic rings. The maximum absolute atomic E-state index is 8.66. The van der Waals surface area contributed by atoms with Crippen LogP contribution in [0.2, 0.25) is 0 Å². The fraction of sp³-hybridized carbons (Fsp3) is 0.324. The molecule has 5 heteroatoms. The molecule has 0 aliphatic heterocycles. The third-order valence-electron chi connectivity index (χ3n) is 5.48. The highest BCUT2D eigenvalue weighted by Crippen LogP contribution is 2.31. The van der Waals surface area contributed by atoms with E-state index in [1.165, 1.54) is 0 Å². The molecular weight excluding hydrogens is 478 g/mol. The molecule has 2 N–H and O–H groups in total. The standard InChI is InChI=1S/C23H30N4.C6H10.C5H7N/c1-5-7-14-25-21-17-19(16-18(3)22(21)26-15-8-6-2)23(24)27(4)20-12-10-9-11-13-20;1-3-5-6-4-2;1-3-5(2)4-6/h5,7,9-13,15-17,24-25H,6,8,14H2,1-4H3;3-4,6H,1,5H2,2H3;3H,1-2H3/b7-5+,24-23?,26-15?;6-4+;5-3+. The van der Waals surface area contributed by atoms with Crippen molar-refractivity contribution in [1.82, 2.24) is 0 Å². The normalized spacial score (nSPS) is 10.9. The number of aliphatic imine (C=N–C) groups is 1. The molecule has 0 bridgehead atoms. The molecule has 208 valence electrons. The van der Waals surface area contributed by atoms with Gasteiger partial charge in [-0.25, -0.2) is 0 Å². The average Bonchev–Trinajstić information content (AvgIpc) is 2.97. The van der Waals surface area contributed by atoms with Crippen molar-refractivity contribution in [2.24, 2.45) is 4.99 Å². The largest absolute Gasteiger partial charge is 0.380 e. The summed E-state index contributed by atoms with van der Waals surface area (Å²) in [5.74, 6) is 0.461. The first kappa shape index (κ1) is 34.8. The minimum absolute atomic E-state index is 0.461. The van der Waals surface area contributed by atoms with Crippen molar-refractivity contribution in [2.45, 2.75) is 60.8 Å². The quantitative estimate of drug-likeness (QED) is 0.140. The van der Waals surface area contributed by atoms with E-state index in [1.807, 2.05) is 106 Å². The minimum atomic E-state index is 0.461. The van der Waals surface area contributed by atoms with Crippen LogP contribution in [0.3, 0.4) is 0 Å². The van der Waals surface area contributed by atoms with Gasteiger partial charge in [0.25, 0.3) is 0 Å². The highest BCUT2D eigenvalue weighted by Gasteiger charge is 2.14. The number of allylic oxidation sites excluding steroid dienone is 6. The van der Waals surface area contributed by atoms with Gasteiger partial charge in [-0.2, -0.15) is 5.26 Å². The molecule has 0 saturated heterocycles. The lowest BCUT2D eigenvalue weighted by molar-refractivity contribution is 1.01. The van der Waals surface area contributed by atoms with E-state index in [0.29, 0.717) is 5.84 Å². The molecule has 0 fully saturated rings. The van der Waals surface area contributed by atoms with E-state index in [9.17, 15) is 0 Å². The Morgan fingerprint density at radius 2 is 1.79 bits per heavy atom. The van der Waals surface area contributed by atoms with Crippen LogP contribution in [-0.2, 0) is 0 Å². The van der Waals surface area contributed by atoms with Crippen molar-refractivity contribution in [3.63, 3.8) is 0 Å². The first-order valence-corrected chi connectivity index (χ1v) is 13.5. The van der Waals surface area contributed by atoms with Crippen LogP contribution in [-0.4, -0.2) is 25.6 Å². The number of aryl methyl sites for hydroxylation is 1. The summed E-state index contributed by atoms with van der Waals surface area (Å²) < 4.78 is 0. The summed E-state index contributed by atoms with van der Waals surface area (Å²) in [5, 5.41) is 20.1. The zero-order valence-electron chi connectivity index (χ0n) is 25.0. The molecule has 0 radical (unpaired) electrons. The summed E-state index contributed by atoms with van der Waals surface area (Å²) in [7, 11) is 1.92. The Kier molecular flexibility index (Phi) is 19.5. The van der Waals surface area contributed by atoms with Gasteiger partial charge in [0.2, 0.25) is 0 Å². The van der Waals surface area contributed by atoms with Crippen molar-refractivity contribution in [1.29, 1.82) is 10.7 Å². The van der Waals surface area contributed by atoms with Crippen molar-refractivity contribution in [3.8, 4) is 6.07 Å². The molecule has 39 heavy (non-hydrogen) atoms. The first-order valence-electron chi connectivity index (χ1n) is 13.5. The number of nitriles is 1. The number of anilines is 2. The summed E-state index contributed by atoms with van der Waals surface area (Å²) in [5.41, 5.74) is 5.61. The van der Waals surface area contributed by atoms with Gasteiger partial charge >= 0.3 is 0 Å². The zero-order valence-corrected chi connectivity index (χ0v) is 25.0. The third-order valence-corrected chi connectivity index (χ3v) is 5.48. The van der Waals surface area contributed by atoms with Crippen molar-refractivity contribution in [2.75, 3.05) is 23.8 Å². The fourth-order valence-electron chi connectivity index (χ4n) is 3.07. The lowest BCUT2D eigenvalue weighted by Gasteiger charge is -2.22. The van der Waals surface area contributed by atoms with Crippen LogP contribution in [0.4, 0.5) is 17.1 Å². The van der Waals surface area contributed by atoms with Crippen LogP contribution >= 0.6 is 0 Å². The molecule has 0 aliphatic rings. The third kappa shape index (κ3) is 14.4. The van der Waals surface area contributed by atoms with E-state index in [-0.39, 0.29) is 0 Å². The van der Waals surface area contributed by atoms with Gasteiger partial charge in [0, 0.05) is 36.6 Å². The van der Waals surface area contributed by atoms with E-state index in [4.69, 9.17) is 10.7 Å². The number of nitrogens with one attached hydrogen (secondary N) is 2. The summed E-state index contributed by atoms with van der Waals surface area (Å²) in [6.45, 7) is 16.1. The van der Waals surface area contributed by atoms with Gasteiger partial charge in [0.05, 0.1) is 17.4 Å². The lowest BCUT2D eigenvalue weighted by atomic mass is 10.1. The van der Waals surface area contributed by atoms with Gasteiger partial charge in [-0.3, -0.25) is 10.4 Å². The summed E-state index contributed by atoms with van der Waals surface area (Å²) >= 11 is 0. The highest BCUT2D eigenvalue weighted by molar-refractivity contribution is 6.08. The Balaban J connectivity index is 0.00000100. The summed E-state index contributed by atoms with van der Waals surface area (Å²) in [6, 6.07) is 16.0. The van der Waals surface area contributed by atoms with Crippen LogP contribution in [0.25, 0.3) is 0 Å². The second kappa shape index (κ2) is 21.9. The maximum atomic E-state index is 8.66. The number of para-hydroxylation sites is 1. The van der Waals surface area contributed by atoms with Gasteiger partial charge in [-0.15, -0.1) is 6.58 Å². The second-order valence-corrected chi connectivity index (χ2v) is 8.66. The Hall–Kier alpha value is -4.17. The van der Waals surface area contributed by atoms with E-state index in [0.717, 1.165) is 59.6 Å².